The molecule has 0 unspecified atom stereocenters. The maximum atomic E-state index is 2.70. The molecule has 1 aliphatic heterocycles. The Kier molecular flexibility index (Phi) is 5.96. The van der Waals surface area contributed by atoms with Crippen LogP contribution in [0, 0.1) is 27.7 Å². The number of aromatic nitrogens is 2. The highest BCUT2D eigenvalue weighted by molar-refractivity contribution is 6.89. The van der Waals surface area contributed by atoms with Crippen LogP contribution in [0.25, 0.3) is 71.6 Å². The van der Waals surface area contributed by atoms with E-state index in [9.17, 15) is 0 Å². The molecule has 0 aliphatic carbocycles. The summed E-state index contributed by atoms with van der Waals surface area (Å²) in [5.41, 5.74) is 19.3. The minimum Gasteiger partial charge on any atom is -0.375 e. The lowest BCUT2D eigenvalue weighted by Gasteiger charge is -2.31. The fourth-order valence-corrected chi connectivity index (χ4v) is 9.02. The Bertz CT molecular complexity index is 2740. The summed E-state index contributed by atoms with van der Waals surface area (Å²) in [5, 5.41) is 5.25. The Hall–Kier alpha value is -5.80. The first-order valence-electron chi connectivity index (χ1n) is 17.3. The largest absolute Gasteiger partial charge is 0.375 e. The molecular weight excluding hydrogens is 591 g/mol. The second-order valence-corrected chi connectivity index (χ2v) is 14.0. The van der Waals surface area contributed by atoms with Crippen molar-refractivity contribution < 1.29 is 0 Å². The van der Waals surface area contributed by atoms with Crippen molar-refractivity contribution in [2.24, 2.45) is 0 Å². The molecule has 9 aromatic rings. The molecule has 1 aliphatic rings. The first-order valence-corrected chi connectivity index (χ1v) is 17.3. The van der Waals surface area contributed by atoms with Crippen LogP contribution in [0.1, 0.15) is 22.3 Å². The van der Waals surface area contributed by atoms with E-state index in [1.807, 2.05) is 0 Å². The van der Waals surface area contributed by atoms with Gasteiger partial charge in [0.25, 0.3) is 0 Å². The van der Waals surface area contributed by atoms with Crippen molar-refractivity contribution in [3.8, 4) is 27.9 Å². The minimum absolute atomic E-state index is 0.0386. The van der Waals surface area contributed by atoms with Gasteiger partial charge in [0, 0.05) is 38.3 Å². The quantitative estimate of drug-likeness (QED) is 0.173. The van der Waals surface area contributed by atoms with E-state index in [0.717, 1.165) is 0 Å². The van der Waals surface area contributed by atoms with E-state index in [0.29, 0.717) is 0 Å². The highest BCUT2D eigenvalue weighted by atomic mass is 15.0. The van der Waals surface area contributed by atoms with Crippen molar-refractivity contribution in [2.45, 2.75) is 27.7 Å². The normalized spacial score (nSPS) is 12.4. The third-order valence-electron chi connectivity index (χ3n) is 10.8. The number of nitrogens with zero attached hydrogens (tertiary/aromatic N) is 2. The predicted molar refractivity (Wildman–Crippen MR) is 210 cm³/mol. The van der Waals surface area contributed by atoms with Gasteiger partial charge in [0.15, 0.2) is 0 Å². The molecule has 0 N–H and O–H groups in total. The van der Waals surface area contributed by atoms with Gasteiger partial charge in [-0.1, -0.05) is 126 Å². The number of fused-ring (bicyclic) bond motifs is 8. The molecule has 3 heterocycles. The van der Waals surface area contributed by atoms with E-state index in [2.05, 4.69) is 176 Å². The monoisotopic (exact) mass is 626 g/mol. The number of rotatable bonds is 3. The van der Waals surface area contributed by atoms with E-state index in [1.54, 1.807) is 0 Å². The van der Waals surface area contributed by atoms with Crippen LogP contribution in [0.3, 0.4) is 0 Å². The van der Waals surface area contributed by atoms with Crippen LogP contribution in [0.5, 0.6) is 0 Å². The molecule has 3 heteroatoms. The van der Waals surface area contributed by atoms with Crippen LogP contribution in [-0.2, 0) is 0 Å². The average Bonchev–Trinajstić information content (AvgIpc) is 3.63. The van der Waals surface area contributed by atoms with Crippen LogP contribution in [0.4, 0.5) is 0 Å². The van der Waals surface area contributed by atoms with Gasteiger partial charge in [0.1, 0.15) is 0 Å². The molecule has 2 aromatic heterocycles. The van der Waals surface area contributed by atoms with Crippen LogP contribution in [0.15, 0.2) is 140 Å². The lowest BCUT2D eigenvalue weighted by Crippen LogP contribution is -2.54. The second kappa shape index (κ2) is 10.4. The molecule has 0 fully saturated rings. The fraction of sp³-hybridized carbons (Fsp3) is 0.0870. The maximum Gasteiger partial charge on any atom is 0.333 e. The molecule has 0 atom stereocenters. The number of aryl methyl sites for hydroxylation is 4. The topological polar surface area (TPSA) is 9.86 Å². The number of benzene rings is 7. The Morgan fingerprint density at radius 3 is 1.71 bits per heavy atom. The van der Waals surface area contributed by atoms with Gasteiger partial charge in [-0.3, -0.25) is 0 Å². The molecule has 0 saturated heterocycles. The van der Waals surface area contributed by atoms with Gasteiger partial charge in [-0.15, -0.1) is 0 Å². The summed E-state index contributed by atoms with van der Waals surface area (Å²) in [6.07, 6.45) is 0. The molecule has 7 aromatic carbocycles. The standard InChI is InChI=1S/C46H35BN2/c1-28-23-30(3)44-38(25-28)39-26-29(2)24-31(4)45(39)49(44)47-40-17-11-12-18-41(40)48-42-27-34(32-13-7-5-8-14-32)19-20-36(42)37-22-21-35(43(47)46(37)48)33-15-9-6-10-16-33/h5-27H,1-4H3. The SMILES string of the molecule is Cc1cc(C)c2c(c1)c1cc(C)cc(C)c1n2B1c2ccccc2-n2c3cc(-c4ccccc4)ccc3c3ccc(-c4ccccc4)c1c32. The summed E-state index contributed by atoms with van der Waals surface area (Å²) in [7, 11) is 0. The molecule has 0 saturated carbocycles. The minimum atomic E-state index is -0.0386. The molecule has 232 valence electrons. The average molecular weight is 627 g/mol. The number of hydrogen-bond donors (Lipinski definition) is 0. The van der Waals surface area contributed by atoms with Gasteiger partial charge >= 0.3 is 6.85 Å². The zero-order chi connectivity index (χ0) is 33.0. The fourth-order valence-electron chi connectivity index (χ4n) is 9.02. The highest BCUT2D eigenvalue weighted by Crippen LogP contribution is 2.41. The first-order chi connectivity index (χ1) is 24.0. The van der Waals surface area contributed by atoms with Gasteiger partial charge in [-0.2, -0.15) is 0 Å². The second-order valence-electron chi connectivity index (χ2n) is 14.0. The van der Waals surface area contributed by atoms with Crippen LogP contribution in [-0.4, -0.2) is 15.9 Å². The molecule has 2 nitrogen and oxygen atoms in total. The Morgan fingerprint density at radius 1 is 0.449 bits per heavy atom. The van der Waals surface area contributed by atoms with Crippen LogP contribution < -0.4 is 10.9 Å². The Balaban J connectivity index is 1.43. The molecule has 10 rings (SSSR count). The van der Waals surface area contributed by atoms with Crippen molar-refractivity contribution in [1.82, 2.24) is 9.05 Å². The van der Waals surface area contributed by atoms with E-state index < -0.39 is 0 Å². The Labute approximate surface area is 287 Å². The van der Waals surface area contributed by atoms with E-state index >= 15 is 0 Å². The molecule has 0 radical (unpaired) electrons. The van der Waals surface area contributed by atoms with Gasteiger partial charge in [-0.05, 0) is 96.3 Å². The van der Waals surface area contributed by atoms with Gasteiger partial charge in [0.05, 0.1) is 11.0 Å². The summed E-state index contributed by atoms with van der Waals surface area (Å²) in [6, 6.07) is 52.2. The molecule has 0 bridgehead atoms. The first kappa shape index (κ1) is 28.2. The third kappa shape index (κ3) is 3.96. The highest BCUT2D eigenvalue weighted by Gasteiger charge is 2.38. The molecule has 49 heavy (non-hydrogen) atoms. The predicted octanol–water partition coefficient (Wildman–Crippen LogP) is 10.4. The van der Waals surface area contributed by atoms with E-state index in [4.69, 9.17) is 0 Å². The van der Waals surface area contributed by atoms with Gasteiger partial charge < -0.3 is 9.05 Å². The van der Waals surface area contributed by atoms with Gasteiger partial charge in [0.2, 0.25) is 0 Å². The van der Waals surface area contributed by atoms with E-state index in [1.165, 1.54) is 105 Å². The maximum absolute atomic E-state index is 2.70. The number of hydrogen-bond acceptors (Lipinski definition) is 0. The molecule has 0 spiro atoms. The van der Waals surface area contributed by atoms with Crippen molar-refractivity contribution >= 4 is 61.4 Å². The molecular formula is C46H35BN2. The van der Waals surface area contributed by atoms with Crippen molar-refractivity contribution in [3.63, 3.8) is 0 Å². The zero-order valence-corrected chi connectivity index (χ0v) is 28.3. The summed E-state index contributed by atoms with van der Waals surface area (Å²) in [5.74, 6) is 0. The van der Waals surface area contributed by atoms with Crippen molar-refractivity contribution in [2.75, 3.05) is 0 Å². The number of para-hydroxylation sites is 1. The van der Waals surface area contributed by atoms with Crippen LogP contribution in [0.2, 0.25) is 0 Å². The summed E-state index contributed by atoms with van der Waals surface area (Å²) >= 11 is 0. The molecule has 0 amide bonds. The summed E-state index contributed by atoms with van der Waals surface area (Å²) in [6.45, 7) is 9.00. The zero-order valence-electron chi connectivity index (χ0n) is 28.3. The lowest BCUT2D eigenvalue weighted by atomic mass is 9.46. The van der Waals surface area contributed by atoms with Gasteiger partial charge in [-0.25, -0.2) is 0 Å². The van der Waals surface area contributed by atoms with Crippen molar-refractivity contribution in [3.05, 3.63) is 162 Å². The smallest absolute Gasteiger partial charge is 0.333 e. The summed E-state index contributed by atoms with van der Waals surface area (Å²) in [4.78, 5) is 0. The van der Waals surface area contributed by atoms with Crippen molar-refractivity contribution in [1.29, 1.82) is 0 Å². The Morgan fingerprint density at radius 2 is 1.04 bits per heavy atom. The van der Waals surface area contributed by atoms with E-state index in [-0.39, 0.29) is 6.85 Å². The lowest BCUT2D eigenvalue weighted by molar-refractivity contribution is 1.18. The van der Waals surface area contributed by atoms with Crippen LogP contribution >= 0.6 is 0 Å². The third-order valence-corrected chi connectivity index (χ3v) is 10.8. The summed E-state index contributed by atoms with van der Waals surface area (Å²) < 4.78 is 5.26.